The van der Waals surface area contributed by atoms with E-state index in [1.54, 1.807) is 31.2 Å². The molecule has 10 nitrogen and oxygen atoms in total. The predicted octanol–water partition coefficient (Wildman–Crippen LogP) is 4.30. The molecule has 36 heavy (non-hydrogen) atoms. The number of amides is 1. The molecule has 0 aliphatic rings. The zero-order valence-corrected chi connectivity index (χ0v) is 20.7. The fraction of sp³-hybridized carbons (Fsp3) is 0.208. The van der Waals surface area contributed by atoms with Crippen LogP contribution in [0.15, 0.2) is 42.6 Å². The Bertz CT molecular complexity index is 1400. The molecule has 0 unspecified atom stereocenters. The van der Waals surface area contributed by atoms with Crippen molar-refractivity contribution in [2.24, 2.45) is 0 Å². The molecule has 1 aromatic carbocycles. The summed E-state index contributed by atoms with van der Waals surface area (Å²) in [4.78, 5) is 21.6. The van der Waals surface area contributed by atoms with Gasteiger partial charge >= 0.3 is 0 Å². The normalized spacial score (nSPS) is 10.6. The number of hydrogen-bond acceptors (Lipinski definition) is 10. The van der Waals surface area contributed by atoms with E-state index in [1.165, 1.54) is 39.7 Å². The van der Waals surface area contributed by atoms with Crippen molar-refractivity contribution in [2.45, 2.75) is 13.5 Å². The average Bonchev–Trinajstić information content (AvgIpc) is 3.33. The molecular weight excluding hydrogens is 489 g/mol. The first-order valence-electron chi connectivity index (χ1n) is 10.6. The van der Waals surface area contributed by atoms with E-state index in [9.17, 15) is 9.18 Å². The van der Waals surface area contributed by atoms with Crippen LogP contribution in [0.2, 0.25) is 0 Å². The molecule has 0 aliphatic heterocycles. The SMILES string of the molecule is COc1ccc(COc2nnc(NC(=O)c3cnc(C)cc3-c3c(F)cccc3OC)s2)nc1OC. The van der Waals surface area contributed by atoms with E-state index < -0.39 is 11.7 Å². The number of carbonyl (C=O) groups excluding carboxylic acids is 1. The Morgan fingerprint density at radius 2 is 1.86 bits per heavy atom. The highest BCUT2D eigenvalue weighted by molar-refractivity contribution is 7.17. The Morgan fingerprint density at radius 3 is 2.61 bits per heavy atom. The number of anilines is 1. The van der Waals surface area contributed by atoms with Crippen LogP contribution in [0.3, 0.4) is 0 Å². The van der Waals surface area contributed by atoms with Gasteiger partial charge in [0.15, 0.2) is 5.75 Å². The lowest BCUT2D eigenvalue weighted by Gasteiger charge is -2.14. The average molecular weight is 512 g/mol. The minimum Gasteiger partial charge on any atom is -0.496 e. The summed E-state index contributed by atoms with van der Waals surface area (Å²) in [6.07, 6.45) is 1.38. The van der Waals surface area contributed by atoms with Crippen molar-refractivity contribution in [2.75, 3.05) is 26.6 Å². The van der Waals surface area contributed by atoms with Crippen LogP contribution in [0.5, 0.6) is 22.6 Å². The first kappa shape index (κ1) is 24.8. The van der Waals surface area contributed by atoms with Crippen LogP contribution in [-0.4, -0.2) is 47.4 Å². The van der Waals surface area contributed by atoms with Gasteiger partial charge in [-0.2, -0.15) is 0 Å². The van der Waals surface area contributed by atoms with Gasteiger partial charge in [0.05, 0.1) is 38.2 Å². The maximum Gasteiger partial charge on any atom is 0.296 e. The smallest absolute Gasteiger partial charge is 0.296 e. The van der Waals surface area contributed by atoms with Crippen LogP contribution in [0.25, 0.3) is 11.1 Å². The molecule has 0 saturated heterocycles. The number of methoxy groups -OCH3 is 3. The van der Waals surface area contributed by atoms with Crippen LogP contribution >= 0.6 is 11.3 Å². The number of benzene rings is 1. The van der Waals surface area contributed by atoms with Crippen molar-refractivity contribution in [3.63, 3.8) is 0 Å². The summed E-state index contributed by atoms with van der Waals surface area (Å²) in [7, 11) is 4.45. The number of nitrogens with one attached hydrogen (secondary N) is 1. The molecule has 0 saturated carbocycles. The second-order valence-corrected chi connectivity index (χ2v) is 8.26. The molecule has 4 rings (SSSR count). The number of pyridine rings is 2. The van der Waals surface area contributed by atoms with Crippen LogP contribution < -0.4 is 24.3 Å². The van der Waals surface area contributed by atoms with Gasteiger partial charge in [-0.25, -0.2) is 9.37 Å². The van der Waals surface area contributed by atoms with Gasteiger partial charge in [0, 0.05) is 17.5 Å². The fourth-order valence-corrected chi connectivity index (χ4v) is 3.94. The predicted molar refractivity (Wildman–Crippen MR) is 130 cm³/mol. The topological polar surface area (TPSA) is 118 Å². The van der Waals surface area contributed by atoms with Crippen LogP contribution in [0.1, 0.15) is 21.7 Å². The highest BCUT2D eigenvalue weighted by atomic mass is 32.1. The Kier molecular flexibility index (Phi) is 7.54. The largest absolute Gasteiger partial charge is 0.496 e. The minimum atomic E-state index is -0.535. The zero-order valence-electron chi connectivity index (χ0n) is 19.9. The second kappa shape index (κ2) is 11.0. The Labute approximate surface area is 210 Å². The fourth-order valence-electron chi connectivity index (χ4n) is 3.35. The first-order valence-corrected chi connectivity index (χ1v) is 11.4. The first-order chi connectivity index (χ1) is 17.4. The van der Waals surface area contributed by atoms with E-state index in [0.717, 1.165) is 11.3 Å². The van der Waals surface area contributed by atoms with Gasteiger partial charge < -0.3 is 18.9 Å². The number of halogens is 1. The number of nitrogens with zero attached hydrogens (tertiary/aromatic N) is 4. The number of carbonyl (C=O) groups is 1. The van der Waals surface area contributed by atoms with E-state index in [-0.39, 0.29) is 28.1 Å². The van der Waals surface area contributed by atoms with Crippen molar-refractivity contribution in [1.82, 2.24) is 20.2 Å². The molecule has 0 radical (unpaired) electrons. The van der Waals surface area contributed by atoms with Crippen LogP contribution in [0, 0.1) is 12.7 Å². The lowest BCUT2D eigenvalue weighted by Crippen LogP contribution is -2.14. The molecule has 0 spiro atoms. The summed E-state index contributed by atoms with van der Waals surface area (Å²) in [6, 6.07) is 9.53. The molecule has 0 bridgehead atoms. The van der Waals surface area contributed by atoms with Gasteiger partial charge in [0.25, 0.3) is 17.0 Å². The molecule has 0 fully saturated rings. The van der Waals surface area contributed by atoms with Crippen molar-refractivity contribution >= 4 is 22.4 Å². The van der Waals surface area contributed by atoms with E-state index in [1.807, 2.05) is 0 Å². The summed E-state index contributed by atoms with van der Waals surface area (Å²) in [5, 5.41) is 11.0. The minimum absolute atomic E-state index is 0.0992. The molecule has 1 N–H and O–H groups in total. The van der Waals surface area contributed by atoms with Crippen molar-refractivity contribution in [3.05, 3.63) is 65.4 Å². The highest BCUT2D eigenvalue weighted by Gasteiger charge is 2.21. The summed E-state index contributed by atoms with van der Waals surface area (Å²) in [6.45, 7) is 1.85. The molecule has 12 heteroatoms. The van der Waals surface area contributed by atoms with E-state index in [4.69, 9.17) is 18.9 Å². The van der Waals surface area contributed by atoms with Crippen molar-refractivity contribution in [3.8, 4) is 33.7 Å². The molecule has 0 atom stereocenters. The van der Waals surface area contributed by atoms with Crippen molar-refractivity contribution in [1.29, 1.82) is 0 Å². The lowest BCUT2D eigenvalue weighted by molar-refractivity contribution is 0.102. The number of hydrogen-bond donors (Lipinski definition) is 1. The third-order valence-electron chi connectivity index (χ3n) is 5.02. The molecule has 3 aromatic heterocycles. The molecule has 186 valence electrons. The van der Waals surface area contributed by atoms with Crippen molar-refractivity contribution < 1.29 is 28.1 Å². The van der Waals surface area contributed by atoms with Gasteiger partial charge in [0.1, 0.15) is 18.2 Å². The van der Waals surface area contributed by atoms with E-state index in [2.05, 4.69) is 25.5 Å². The second-order valence-electron chi connectivity index (χ2n) is 7.32. The number of rotatable bonds is 9. The van der Waals surface area contributed by atoms with Gasteiger partial charge in [-0.3, -0.25) is 15.1 Å². The lowest BCUT2D eigenvalue weighted by atomic mass is 9.98. The summed E-state index contributed by atoms with van der Waals surface area (Å²) in [5.74, 6) is 0.0689. The third kappa shape index (κ3) is 5.33. The van der Waals surface area contributed by atoms with Gasteiger partial charge in [-0.05, 0) is 48.6 Å². The monoisotopic (exact) mass is 511 g/mol. The Balaban J connectivity index is 1.51. The molecule has 1 amide bonds. The molecule has 4 aromatic rings. The Morgan fingerprint density at radius 1 is 1.06 bits per heavy atom. The zero-order chi connectivity index (χ0) is 25.7. The van der Waals surface area contributed by atoms with Gasteiger partial charge in [-0.15, -0.1) is 5.10 Å². The number of aryl methyl sites for hydroxylation is 1. The summed E-state index contributed by atoms with van der Waals surface area (Å²) < 4.78 is 36.1. The molecule has 3 heterocycles. The van der Waals surface area contributed by atoms with Gasteiger partial charge in [0.2, 0.25) is 5.13 Å². The van der Waals surface area contributed by atoms with Crippen LogP contribution in [-0.2, 0) is 6.61 Å². The van der Waals surface area contributed by atoms with Crippen LogP contribution in [0.4, 0.5) is 9.52 Å². The summed E-state index contributed by atoms with van der Waals surface area (Å²) >= 11 is 1.03. The highest BCUT2D eigenvalue weighted by Crippen LogP contribution is 2.35. The van der Waals surface area contributed by atoms with E-state index in [0.29, 0.717) is 34.3 Å². The number of ether oxygens (including phenoxy) is 4. The van der Waals surface area contributed by atoms with E-state index >= 15 is 0 Å². The van der Waals surface area contributed by atoms with Gasteiger partial charge in [-0.1, -0.05) is 11.2 Å². The summed E-state index contributed by atoms with van der Waals surface area (Å²) in [5.41, 5.74) is 1.86. The molecular formula is C24H22FN5O5S. The quantitative estimate of drug-likeness (QED) is 0.351. The number of aromatic nitrogens is 4. The standard InChI is InChI=1S/C24H22FN5O5S/c1-13-10-15(20-17(25)6-5-7-18(20)32-2)16(11-26-13)21(31)28-23-29-30-24(36-23)35-12-14-8-9-19(33-3)22(27-14)34-4/h5-11H,12H2,1-4H3,(H,28,29,31). The maximum absolute atomic E-state index is 14.8. The maximum atomic E-state index is 14.8. The third-order valence-corrected chi connectivity index (χ3v) is 5.77. The Hall–Kier alpha value is -4.32. The molecule has 0 aliphatic carbocycles.